The van der Waals surface area contributed by atoms with E-state index in [4.69, 9.17) is 5.73 Å². The Balaban J connectivity index is 2.87. The fraction of sp³-hybridized carbons (Fsp3) is 0.300. The lowest BCUT2D eigenvalue weighted by Crippen LogP contribution is -1.95. The summed E-state index contributed by atoms with van der Waals surface area (Å²) in [7, 11) is 0. The van der Waals surface area contributed by atoms with E-state index in [1.165, 1.54) is 0 Å². The van der Waals surface area contributed by atoms with Crippen LogP contribution in [-0.4, -0.2) is 9.78 Å². The predicted octanol–water partition coefficient (Wildman–Crippen LogP) is 1.95. The number of aryl methyl sites for hydroxylation is 2. The minimum Gasteiger partial charge on any atom is -0.398 e. The predicted molar refractivity (Wildman–Crippen MR) is 54.6 cm³/mol. The highest BCUT2D eigenvalue weighted by molar-refractivity contribution is 5.92. The second-order valence-electron chi connectivity index (χ2n) is 3.14. The Morgan fingerprint density at radius 2 is 2.23 bits per heavy atom. The third kappa shape index (κ3) is 1.08. The molecule has 1 heterocycles. The van der Waals surface area contributed by atoms with Crippen LogP contribution in [-0.2, 0) is 6.54 Å². The molecule has 0 atom stereocenters. The summed E-state index contributed by atoms with van der Waals surface area (Å²) in [4.78, 5) is 0. The number of nitrogens with zero attached hydrogens (tertiary/aromatic N) is 2. The van der Waals surface area contributed by atoms with Gasteiger partial charge in [-0.05, 0) is 26.0 Å². The first-order valence-corrected chi connectivity index (χ1v) is 4.45. The highest BCUT2D eigenvalue weighted by Gasteiger charge is 2.07. The molecule has 0 aliphatic carbocycles. The molecule has 0 spiro atoms. The van der Waals surface area contributed by atoms with Gasteiger partial charge in [-0.3, -0.25) is 4.68 Å². The van der Waals surface area contributed by atoms with Gasteiger partial charge < -0.3 is 5.73 Å². The Kier molecular flexibility index (Phi) is 1.72. The van der Waals surface area contributed by atoms with Crippen LogP contribution in [0, 0.1) is 6.92 Å². The number of rotatable bonds is 1. The van der Waals surface area contributed by atoms with Gasteiger partial charge in [0.15, 0.2) is 0 Å². The van der Waals surface area contributed by atoms with Crippen molar-refractivity contribution in [2.45, 2.75) is 20.4 Å². The average molecular weight is 175 g/mol. The van der Waals surface area contributed by atoms with Crippen molar-refractivity contribution in [2.75, 3.05) is 5.73 Å². The van der Waals surface area contributed by atoms with Gasteiger partial charge in [0.1, 0.15) is 0 Å². The van der Waals surface area contributed by atoms with Crippen LogP contribution in [0.15, 0.2) is 18.2 Å². The molecule has 0 fully saturated rings. The van der Waals surface area contributed by atoms with Crippen molar-refractivity contribution in [2.24, 2.45) is 0 Å². The van der Waals surface area contributed by atoms with E-state index in [-0.39, 0.29) is 0 Å². The number of anilines is 1. The van der Waals surface area contributed by atoms with Crippen molar-refractivity contribution in [3.8, 4) is 0 Å². The molecule has 68 valence electrons. The van der Waals surface area contributed by atoms with Crippen molar-refractivity contribution >= 4 is 16.6 Å². The van der Waals surface area contributed by atoms with Crippen molar-refractivity contribution < 1.29 is 0 Å². The number of hydrogen-bond acceptors (Lipinski definition) is 2. The molecule has 13 heavy (non-hydrogen) atoms. The lowest BCUT2D eigenvalue weighted by atomic mass is 10.2. The molecular weight excluding hydrogens is 162 g/mol. The Bertz CT molecular complexity index is 443. The molecule has 0 saturated heterocycles. The fourth-order valence-corrected chi connectivity index (χ4v) is 1.69. The van der Waals surface area contributed by atoms with Gasteiger partial charge in [-0.1, -0.05) is 6.07 Å². The second kappa shape index (κ2) is 2.76. The zero-order valence-corrected chi connectivity index (χ0v) is 7.91. The van der Waals surface area contributed by atoms with E-state index >= 15 is 0 Å². The number of nitrogen functional groups attached to an aromatic ring is 1. The average Bonchev–Trinajstić information content (AvgIpc) is 2.44. The van der Waals surface area contributed by atoms with E-state index in [1.807, 2.05) is 23.7 Å². The van der Waals surface area contributed by atoms with Gasteiger partial charge in [0, 0.05) is 17.6 Å². The molecular formula is C10H13N3. The molecule has 2 aromatic rings. The zero-order valence-electron chi connectivity index (χ0n) is 7.91. The summed E-state index contributed by atoms with van der Waals surface area (Å²) in [6.07, 6.45) is 0. The van der Waals surface area contributed by atoms with Crippen LogP contribution in [0.25, 0.3) is 10.9 Å². The lowest BCUT2D eigenvalue weighted by Gasteiger charge is -1.98. The zero-order chi connectivity index (χ0) is 9.42. The molecule has 0 unspecified atom stereocenters. The van der Waals surface area contributed by atoms with Gasteiger partial charge in [0.25, 0.3) is 0 Å². The first-order chi connectivity index (χ1) is 6.24. The summed E-state index contributed by atoms with van der Waals surface area (Å²) >= 11 is 0. The first kappa shape index (κ1) is 8.10. The first-order valence-electron chi connectivity index (χ1n) is 4.45. The molecule has 0 bridgehead atoms. The van der Waals surface area contributed by atoms with E-state index < -0.39 is 0 Å². The van der Waals surface area contributed by atoms with E-state index in [1.54, 1.807) is 0 Å². The number of benzene rings is 1. The third-order valence-corrected chi connectivity index (χ3v) is 2.28. The van der Waals surface area contributed by atoms with E-state index in [0.717, 1.165) is 28.8 Å². The summed E-state index contributed by atoms with van der Waals surface area (Å²) in [5, 5.41) is 5.49. The molecule has 0 aliphatic rings. The highest BCUT2D eigenvalue weighted by Crippen LogP contribution is 2.23. The Labute approximate surface area is 77.2 Å². The van der Waals surface area contributed by atoms with Crippen molar-refractivity contribution in [1.29, 1.82) is 0 Å². The third-order valence-electron chi connectivity index (χ3n) is 2.28. The van der Waals surface area contributed by atoms with Crippen molar-refractivity contribution in [3.05, 3.63) is 23.9 Å². The highest BCUT2D eigenvalue weighted by atomic mass is 15.3. The van der Waals surface area contributed by atoms with E-state index in [0.29, 0.717) is 0 Å². The van der Waals surface area contributed by atoms with Crippen LogP contribution in [0.1, 0.15) is 12.6 Å². The molecule has 2 N–H and O–H groups in total. The normalized spacial score (nSPS) is 10.9. The van der Waals surface area contributed by atoms with Crippen LogP contribution in [0.5, 0.6) is 0 Å². The smallest absolute Gasteiger partial charge is 0.0705 e. The monoisotopic (exact) mass is 175 g/mol. The number of nitrogens with two attached hydrogens (primary N) is 1. The summed E-state index contributed by atoms with van der Waals surface area (Å²) in [6, 6.07) is 5.93. The molecule has 0 aliphatic heterocycles. The minimum atomic E-state index is 0.815. The topological polar surface area (TPSA) is 43.8 Å². The Morgan fingerprint density at radius 3 is 2.92 bits per heavy atom. The molecule has 1 aromatic heterocycles. The number of aromatic nitrogens is 2. The molecule has 1 aromatic carbocycles. The largest absolute Gasteiger partial charge is 0.398 e. The molecule has 0 amide bonds. The van der Waals surface area contributed by atoms with Crippen LogP contribution >= 0.6 is 0 Å². The van der Waals surface area contributed by atoms with Gasteiger partial charge >= 0.3 is 0 Å². The minimum absolute atomic E-state index is 0.815. The summed E-state index contributed by atoms with van der Waals surface area (Å²) < 4.78 is 1.97. The van der Waals surface area contributed by atoms with Gasteiger partial charge in [-0.25, -0.2) is 0 Å². The van der Waals surface area contributed by atoms with E-state index in [2.05, 4.69) is 18.1 Å². The van der Waals surface area contributed by atoms with E-state index in [9.17, 15) is 0 Å². The quantitative estimate of drug-likeness (QED) is 0.673. The second-order valence-corrected chi connectivity index (χ2v) is 3.14. The molecule has 3 nitrogen and oxygen atoms in total. The van der Waals surface area contributed by atoms with Crippen molar-refractivity contribution in [1.82, 2.24) is 9.78 Å². The standard InChI is InChI=1S/C10H13N3/c1-3-13-9-6-4-5-8(11)10(9)7(2)12-13/h4-6H,3,11H2,1-2H3. The molecule has 0 radical (unpaired) electrons. The maximum absolute atomic E-state index is 5.87. The summed E-state index contributed by atoms with van der Waals surface area (Å²) in [5.41, 5.74) is 8.82. The maximum atomic E-state index is 5.87. The van der Waals surface area contributed by atoms with Crippen LogP contribution in [0.4, 0.5) is 5.69 Å². The number of hydrogen-bond donors (Lipinski definition) is 1. The van der Waals surface area contributed by atoms with Crippen LogP contribution in [0.3, 0.4) is 0 Å². The lowest BCUT2D eigenvalue weighted by molar-refractivity contribution is 0.676. The summed E-state index contributed by atoms with van der Waals surface area (Å²) in [5.74, 6) is 0. The molecule has 3 heteroatoms. The maximum Gasteiger partial charge on any atom is 0.0705 e. The van der Waals surface area contributed by atoms with Crippen LogP contribution < -0.4 is 5.73 Å². The van der Waals surface area contributed by atoms with Gasteiger partial charge in [0.2, 0.25) is 0 Å². The number of fused-ring (bicyclic) bond motifs is 1. The Hall–Kier alpha value is -1.51. The summed E-state index contributed by atoms with van der Waals surface area (Å²) in [6.45, 7) is 4.95. The van der Waals surface area contributed by atoms with Gasteiger partial charge in [-0.2, -0.15) is 5.10 Å². The van der Waals surface area contributed by atoms with Crippen molar-refractivity contribution in [3.63, 3.8) is 0 Å². The van der Waals surface area contributed by atoms with Gasteiger partial charge in [-0.15, -0.1) is 0 Å². The molecule has 2 rings (SSSR count). The molecule has 0 saturated carbocycles. The SMILES string of the molecule is CCn1nc(C)c2c(N)cccc21. The fourth-order valence-electron chi connectivity index (χ4n) is 1.69. The Morgan fingerprint density at radius 1 is 1.46 bits per heavy atom. The van der Waals surface area contributed by atoms with Crippen LogP contribution in [0.2, 0.25) is 0 Å². The van der Waals surface area contributed by atoms with Gasteiger partial charge in [0.05, 0.1) is 11.2 Å².